The van der Waals surface area contributed by atoms with Crippen LogP contribution in [-0.2, 0) is 4.79 Å². The van der Waals surface area contributed by atoms with Gasteiger partial charge in [-0.25, -0.2) is 0 Å². The van der Waals surface area contributed by atoms with E-state index in [2.05, 4.69) is 45.3 Å². The molecule has 1 saturated heterocycles. The first-order valence-electron chi connectivity index (χ1n) is 8.50. The van der Waals surface area contributed by atoms with Gasteiger partial charge in [0.25, 0.3) is 0 Å². The van der Waals surface area contributed by atoms with Gasteiger partial charge in [-0.15, -0.1) is 0 Å². The highest BCUT2D eigenvalue weighted by Gasteiger charge is 2.47. The number of nitrogens with one attached hydrogen (secondary N) is 2. The highest BCUT2D eigenvalue weighted by Crippen LogP contribution is 2.29. The number of benzene rings is 1. The summed E-state index contributed by atoms with van der Waals surface area (Å²) in [6.45, 7) is 14.2. The number of anilines is 1. The van der Waals surface area contributed by atoms with E-state index in [4.69, 9.17) is 0 Å². The van der Waals surface area contributed by atoms with Gasteiger partial charge in [0, 0.05) is 29.9 Å². The number of carbonyl (C=O) groups is 1. The normalized spacial score (nSPS) is 29.0. The number of carbonyl (C=O) groups excluding carboxylic acids is 1. The summed E-state index contributed by atoms with van der Waals surface area (Å²) >= 11 is 0. The summed E-state index contributed by atoms with van der Waals surface area (Å²) in [4.78, 5) is 14.9. The van der Waals surface area contributed by atoms with Gasteiger partial charge in [0.05, 0.1) is 5.54 Å². The largest absolute Gasteiger partial charge is 0.310 e. The molecule has 128 valence electrons. The first kappa shape index (κ1) is 18.0. The fraction of sp³-hybridized carbons (Fsp3) is 0.632. The Hall–Kier alpha value is -1.39. The van der Waals surface area contributed by atoms with Gasteiger partial charge in [-0.2, -0.15) is 0 Å². The van der Waals surface area contributed by atoms with Gasteiger partial charge >= 0.3 is 0 Å². The molecule has 1 amide bonds. The summed E-state index contributed by atoms with van der Waals surface area (Å²) in [7, 11) is 0. The Balaban J connectivity index is 2.31. The maximum absolute atomic E-state index is 13.0. The monoisotopic (exact) mass is 317 g/mol. The third-order valence-electron chi connectivity index (χ3n) is 4.59. The quantitative estimate of drug-likeness (QED) is 0.897. The molecule has 0 radical (unpaired) electrons. The lowest BCUT2D eigenvalue weighted by Gasteiger charge is -2.50. The zero-order valence-corrected chi connectivity index (χ0v) is 15.4. The summed E-state index contributed by atoms with van der Waals surface area (Å²) in [5, 5.41) is 7.20. The first-order chi connectivity index (χ1) is 10.6. The summed E-state index contributed by atoms with van der Waals surface area (Å²) in [5.41, 5.74) is 0.303. The van der Waals surface area contributed by atoms with Crippen LogP contribution >= 0.6 is 0 Å². The van der Waals surface area contributed by atoms with Crippen molar-refractivity contribution in [2.45, 2.75) is 64.6 Å². The maximum atomic E-state index is 13.0. The molecule has 1 aliphatic rings. The van der Waals surface area contributed by atoms with E-state index in [-0.39, 0.29) is 17.0 Å². The molecule has 23 heavy (non-hydrogen) atoms. The van der Waals surface area contributed by atoms with E-state index in [0.29, 0.717) is 6.54 Å². The molecule has 0 saturated carbocycles. The second-order valence-electron chi connectivity index (χ2n) is 8.20. The Morgan fingerprint density at radius 1 is 1.22 bits per heavy atom. The van der Waals surface area contributed by atoms with Crippen molar-refractivity contribution in [2.24, 2.45) is 0 Å². The van der Waals surface area contributed by atoms with E-state index in [1.807, 2.05) is 42.2 Å². The zero-order valence-electron chi connectivity index (χ0n) is 15.4. The predicted molar refractivity (Wildman–Crippen MR) is 96.8 cm³/mol. The summed E-state index contributed by atoms with van der Waals surface area (Å²) in [6, 6.07) is 9.97. The van der Waals surface area contributed by atoms with Crippen LogP contribution in [0, 0.1) is 0 Å². The summed E-state index contributed by atoms with van der Waals surface area (Å²) in [6.07, 6.45) is 0.764. The summed E-state index contributed by atoms with van der Waals surface area (Å²) in [5.74, 6) is 0.152. The molecule has 1 aromatic rings. The van der Waals surface area contributed by atoms with Crippen LogP contribution in [0.5, 0.6) is 0 Å². The molecule has 4 heteroatoms. The number of hydrogen-bond acceptors (Lipinski definition) is 3. The second kappa shape index (κ2) is 6.25. The summed E-state index contributed by atoms with van der Waals surface area (Å²) < 4.78 is 0. The van der Waals surface area contributed by atoms with Crippen molar-refractivity contribution in [1.29, 1.82) is 0 Å². The fourth-order valence-electron chi connectivity index (χ4n) is 3.09. The molecule has 2 N–H and O–H groups in total. The lowest BCUT2D eigenvalue weighted by atomic mass is 9.85. The minimum Gasteiger partial charge on any atom is -0.310 e. The molecule has 1 heterocycles. The average molecular weight is 317 g/mol. The second-order valence-corrected chi connectivity index (χ2v) is 8.20. The topological polar surface area (TPSA) is 44.4 Å². The van der Waals surface area contributed by atoms with E-state index in [9.17, 15) is 4.79 Å². The first-order valence-corrected chi connectivity index (χ1v) is 8.50. The molecule has 2 atom stereocenters. The van der Waals surface area contributed by atoms with Crippen LogP contribution in [-0.4, -0.2) is 35.6 Å². The van der Waals surface area contributed by atoms with Crippen molar-refractivity contribution in [3.05, 3.63) is 30.3 Å². The number of rotatable bonds is 4. The van der Waals surface area contributed by atoms with E-state index < -0.39 is 5.54 Å². The van der Waals surface area contributed by atoms with Crippen LogP contribution < -0.4 is 15.5 Å². The molecule has 1 aromatic carbocycles. The minimum atomic E-state index is -0.539. The van der Waals surface area contributed by atoms with Gasteiger partial charge in [0.2, 0.25) is 5.91 Å². The zero-order chi connectivity index (χ0) is 17.3. The highest BCUT2D eigenvalue weighted by atomic mass is 16.2. The molecule has 1 aliphatic heterocycles. The minimum absolute atomic E-state index is 0.0480. The van der Waals surface area contributed by atoms with Gasteiger partial charge in [0.15, 0.2) is 0 Å². The molecular weight excluding hydrogens is 286 g/mol. The van der Waals surface area contributed by atoms with Crippen molar-refractivity contribution in [2.75, 3.05) is 18.0 Å². The molecule has 1 fully saturated rings. The van der Waals surface area contributed by atoms with Crippen molar-refractivity contribution in [3.8, 4) is 0 Å². The average Bonchev–Trinajstić information content (AvgIpc) is 2.49. The van der Waals surface area contributed by atoms with Gasteiger partial charge in [-0.05, 0) is 53.2 Å². The molecule has 0 aromatic heterocycles. The van der Waals surface area contributed by atoms with Crippen LogP contribution in [0.25, 0.3) is 0 Å². The van der Waals surface area contributed by atoms with Crippen LogP contribution in [0.3, 0.4) is 0 Å². The maximum Gasteiger partial charge on any atom is 0.247 e. The van der Waals surface area contributed by atoms with Crippen LogP contribution in [0.1, 0.15) is 48.0 Å². The Labute approximate surface area is 140 Å². The van der Waals surface area contributed by atoms with Crippen molar-refractivity contribution >= 4 is 11.6 Å². The van der Waals surface area contributed by atoms with Crippen molar-refractivity contribution in [3.63, 3.8) is 0 Å². The van der Waals surface area contributed by atoms with E-state index >= 15 is 0 Å². The Morgan fingerprint density at radius 2 is 1.83 bits per heavy atom. The van der Waals surface area contributed by atoms with Gasteiger partial charge < -0.3 is 10.2 Å². The molecule has 0 spiro atoms. The number of piperazine rings is 1. The Bertz CT molecular complexity index is 551. The number of para-hydroxylation sites is 1. The van der Waals surface area contributed by atoms with Crippen molar-refractivity contribution < 1.29 is 4.79 Å². The lowest BCUT2D eigenvalue weighted by Crippen LogP contribution is -2.74. The molecule has 2 rings (SSSR count). The standard InChI is InChI=1S/C19H31N3O/c1-7-19(6)16(23)22(15-11-9-8-10-12-15)14-18(5,21-19)13-20-17(2,3)4/h8-12,20-21H,7,13-14H2,1-6H3. The molecular formula is C19H31N3O. The van der Waals surface area contributed by atoms with Crippen LogP contribution in [0.4, 0.5) is 5.69 Å². The van der Waals surface area contributed by atoms with E-state index in [1.54, 1.807) is 0 Å². The highest BCUT2D eigenvalue weighted by molar-refractivity contribution is 6.01. The molecule has 0 bridgehead atoms. The smallest absolute Gasteiger partial charge is 0.247 e. The van der Waals surface area contributed by atoms with Gasteiger partial charge in [-0.3, -0.25) is 10.1 Å². The Morgan fingerprint density at radius 3 is 2.35 bits per heavy atom. The third kappa shape index (κ3) is 4.12. The van der Waals surface area contributed by atoms with Gasteiger partial charge in [0.1, 0.15) is 0 Å². The van der Waals surface area contributed by atoms with Crippen molar-refractivity contribution in [1.82, 2.24) is 10.6 Å². The molecule has 2 unspecified atom stereocenters. The van der Waals surface area contributed by atoms with Gasteiger partial charge in [-0.1, -0.05) is 25.1 Å². The molecule has 0 aliphatic carbocycles. The SMILES string of the molecule is CCC1(C)NC(C)(CNC(C)(C)C)CN(c2ccccc2)C1=O. The van der Waals surface area contributed by atoms with E-state index in [0.717, 1.165) is 18.7 Å². The third-order valence-corrected chi connectivity index (χ3v) is 4.59. The fourth-order valence-corrected chi connectivity index (χ4v) is 3.09. The Kier molecular flexibility index (Phi) is 4.88. The van der Waals surface area contributed by atoms with Crippen LogP contribution in [0.15, 0.2) is 30.3 Å². The lowest BCUT2D eigenvalue weighted by molar-refractivity contribution is -0.127. The predicted octanol–water partition coefficient (Wildman–Crippen LogP) is 2.94. The van der Waals surface area contributed by atoms with Crippen LogP contribution in [0.2, 0.25) is 0 Å². The molecule has 4 nitrogen and oxygen atoms in total. The number of amides is 1. The number of nitrogens with zero attached hydrogens (tertiary/aromatic N) is 1. The number of hydrogen-bond donors (Lipinski definition) is 2. The van der Waals surface area contributed by atoms with E-state index in [1.165, 1.54) is 0 Å².